The molecule has 0 saturated heterocycles. The maximum absolute atomic E-state index is 11.5. The average molecular weight is 246 g/mol. The molecule has 5 nitrogen and oxygen atoms in total. The summed E-state index contributed by atoms with van der Waals surface area (Å²) >= 11 is 0. The molecule has 1 aromatic heterocycles. The molecule has 1 aromatic rings. The predicted molar refractivity (Wildman–Crippen MR) is 61.8 cm³/mol. The average Bonchev–Trinajstić information content (AvgIpc) is 2.63. The zero-order valence-electron chi connectivity index (χ0n) is 9.63. The Bertz CT molecular complexity index is 423. The van der Waals surface area contributed by atoms with Gasteiger partial charge in [0, 0.05) is 17.5 Å². The fourth-order valence-corrected chi connectivity index (χ4v) is 2.65. The number of aryl methyl sites for hydroxylation is 1. The normalized spacial score (nSPS) is 13.9. The number of hydrogen-bond donors (Lipinski definition) is 1. The first-order valence-corrected chi connectivity index (χ1v) is 7.17. The highest BCUT2D eigenvalue weighted by Gasteiger charge is 2.10. The third-order valence-corrected chi connectivity index (χ3v) is 4.12. The van der Waals surface area contributed by atoms with Crippen molar-refractivity contribution >= 4 is 9.84 Å². The molecule has 1 N–H and O–H groups in total. The van der Waals surface area contributed by atoms with Crippen LogP contribution in [0, 0.1) is 0 Å². The van der Waals surface area contributed by atoms with Crippen molar-refractivity contribution in [1.29, 1.82) is 0 Å². The van der Waals surface area contributed by atoms with E-state index in [0.717, 1.165) is 0 Å². The Labute approximate surface area is 96.0 Å². The minimum Gasteiger partial charge on any atom is -0.389 e. The number of rotatable bonds is 6. The van der Waals surface area contributed by atoms with Crippen molar-refractivity contribution in [2.45, 2.75) is 32.9 Å². The van der Waals surface area contributed by atoms with E-state index in [1.165, 1.54) is 0 Å². The second-order valence-electron chi connectivity index (χ2n) is 3.86. The molecule has 0 aromatic carbocycles. The van der Waals surface area contributed by atoms with Gasteiger partial charge in [0.15, 0.2) is 9.84 Å². The Hall–Kier alpha value is -0.880. The molecule has 0 bridgehead atoms. The van der Waals surface area contributed by atoms with Crippen LogP contribution in [-0.4, -0.2) is 34.8 Å². The Morgan fingerprint density at radius 3 is 2.69 bits per heavy atom. The minimum atomic E-state index is -2.96. The van der Waals surface area contributed by atoms with Gasteiger partial charge in [-0.3, -0.25) is 4.68 Å². The summed E-state index contributed by atoms with van der Waals surface area (Å²) in [6.45, 7) is 3.83. The summed E-state index contributed by atoms with van der Waals surface area (Å²) in [4.78, 5) is 0. The summed E-state index contributed by atoms with van der Waals surface area (Å²) in [6, 6.07) is 0. The van der Waals surface area contributed by atoms with Gasteiger partial charge < -0.3 is 5.11 Å². The van der Waals surface area contributed by atoms with Crippen LogP contribution in [0.2, 0.25) is 0 Å². The Balaban J connectivity index is 2.55. The number of aliphatic hydroxyl groups excluding tert-OH is 1. The number of sulfone groups is 1. The van der Waals surface area contributed by atoms with Crippen LogP contribution in [0.15, 0.2) is 12.4 Å². The minimum absolute atomic E-state index is 0.0990. The third-order valence-electron chi connectivity index (χ3n) is 2.28. The van der Waals surface area contributed by atoms with E-state index in [9.17, 15) is 13.5 Å². The lowest BCUT2D eigenvalue weighted by atomic mass is 10.2. The van der Waals surface area contributed by atoms with E-state index in [1.54, 1.807) is 24.0 Å². The number of hydrogen-bond acceptors (Lipinski definition) is 4. The van der Waals surface area contributed by atoms with Crippen molar-refractivity contribution in [2.75, 3.05) is 11.5 Å². The molecule has 0 saturated carbocycles. The van der Waals surface area contributed by atoms with Crippen LogP contribution in [0.25, 0.3) is 0 Å². The Morgan fingerprint density at radius 2 is 2.19 bits per heavy atom. The van der Waals surface area contributed by atoms with Crippen LogP contribution in [0.3, 0.4) is 0 Å². The molecule has 0 radical (unpaired) electrons. The van der Waals surface area contributed by atoms with E-state index in [0.29, 0.717) is 18.5 Å². The van der Waals surface area contributed by atoms with Crippen molar-refractivity contribution in [1.82, 2.24) is 9.78 Å². The van der Waals surface area contributed by atoms with Crippen molar-refractivity contribution in [3.05, 3.63) is 18.0 Å². The summed E-state index contributed by atoms with van der Waals surface area (Å²) in [6.07, 6.45) is 3.30. The van der Waals surface area contributed by atoms with Crippen molar-refractivity contribution in [3.8, 4) is 0 Å². The first-order chi connectivity index (χ1) is 7.44. The fraction of sp³-hybridized carbons (Fsp3) is 0.700. The Kier molecular flexibility index (Phi) is 4.49. The molecule has 1 rings (SSSR count). The van der Waals surface area contributed by atoms with Crippen LogP contribution in [0.1, 0.15) is 31.9 Å². The highest BCUT2D eigenvalue weighted by Crippen LogP contribution is 2.09. The third kappa shape index (κ3) is 3.94. The summed E-state index contributed by atoms with van der Waals surface area (Å²) in [5, 5.41) is 13.3. The second kappa shape index (κ2) is 5.45. The molecule has 0 aliphatic rings. The predicted octanol–water partition coefficient (Wildman–Crippen LogP) is 0.761. The van der Waals surface area contributed by atoms with E-state index in [4.69, 9.17) is 0 Å². The van der Waals surface area contributed by atoms with Crippen molar-refractivity contribution in [2.24, 2.45) is 0 Å². The molecular weight excluding hydrogens is 228 g/mol. The van der Waals surface area contributed by atoms with Crippen LogP contribution in [0.4, 0.5) is 0 Å². The molecule has 0 fully saturated rings. The quantitative estimate of drug-likeness (QED) is 0.804. The van der Waals surface area contributed by atoms with E-state index >= 15 is 0 Å². The summed E-state index contributed by atoms with van der Waals surface area (Å²) in [5.74, 6) is 0.319. The topological polar surface area (TPSA) is 72.2 Å². The highest BCUT2D eigenvalue weighted by molar-refractivity contribution is 7.91. The molecule has 1 atom stereocenters. The van der Waals surface area contributed by atoms with E-state index in [-0.39, 0.29) is 11.5 Å². The van der Waals surface area contributed by atoms with Gasteiger partial charge in [0.2, 0.25) is 0 Å². The smallest absolute Gasteiger partial charge is 0.152 e. The zero-order chi connectivity index (χ0) is 12.2. The monoisotopic (exact) mass is 246 g/mol. The molecule has 92 valence electrons. The van der Waals surface area contributed by atoms with Gasteiger partial charge >= 0.3 is 0 Å². The van der Waals surface area contributed by atoms with Crippen molar-refractivity contribution < 1.29 is 13.5 Å². The lowest BCUT2D eigenvalue weighted by Gasteiger charge is -2.03. The number of aromatic nitrogens is 2. The summed E-state index contributed by atoms with van der Waals surface area (Å²) < 4.78 is 24.5. The first-order valence-electron chi connectivity index (χ1n) is 5.35. The lowest BCUT2D eigenvalue weighted by molar-refractivity contribution is 0.199. The zero-order valence-corrected chi connectivity index (χ0v) is 10.4. The molecule has 1 heterocycles. The van der Waals surface area contributed by atoms with Gasteiger partial charge in [-0.2, -0.15) is 5.10 Å². The Morgan fingerprint density at radius 1 is 1.50 bits per heavy atom. The van der Waals surface area contributed by atoms with Gasteiger partial charge in [-0.15, -0.1) is 0 Å². The van der Waals surface area contributed by atoms with Gasteiger partial charge in [0.25, 0.3) is 0 Å². The molecule has 0 aliphatic heterocycles. The molecular formula is C10H18N2O3S. The first kappa shape index (κ1) is 13.2. The largest absolute Gasteiger partial charge is 0.389 e. The van der Waals surface area contributed by atoms with Crippen LogP contribution in [-0.2, 0) is 16.4 Å². The molecule has 6 heteroatoms. The van der Waals surface area contributed by atoms with Crippen LogP contribution >= 0.6 is 0 Å². The SMILES string of the molecule is CCCS(=O)(=O)CCn1cc(C(C)O)cn1. The lowest BCUT2D eigenvalue weighted by Crippen LogP contribution is -2.16. The maximum Gasteiger partial charge on any atom is 0.152 e. The number of aliphatic hydroxyl groups is 1. The van der Waals surface area contributed by atoms with Gasteiger partial charge in [-0.05, 0) is 13.3 Å². The van der Waals surface area contributed by atoms with E-state index in [1.807, 2.05) is 6.92 Å². The van der Waals surface area contributed by atoms with Gasteiger partial charge in [-0.1, -0.05) is 6.92 Å². The van der Waals surface area contributed by atoms with Crippen LogP contribution < -0.4 is 0 Å². The van der Waals surface area contributed by atoms with E-state index < -0.39 is 15.9 Å². The standard InChI is InChI=1S/C10H18N2O3S/c1-3-5-16(14,15)6-4-12-8-10(7-11-12)9(2)13/h7-9,13H,3-6H2,1-2H3. The fourth-order valence-electron chi connectivity index (χ4n) is 1.36. The molecule has 0 spiro atoms. The number of nitrogens with zero attached hydrogens (tertiary/aromatic N) is 2. The van der Waals surface area contributed by atoms with Crippen molar-refractivity contribution in [3.63, 3.8) is 0 Å². The van der Waals surface area contributed by atoms with Crippen LogP contribution in [0.5, 0.6) is 0 Å². The summed E-state index contributed by atoms with van der Waals surface area (Å²) in [7, 11) is -2.96. The molecule has 0 amide bonds. The maximum atomic E-state index is 11.5. The van der Waals surface area contributed by atoms with Gasteiger partial charge in [-0.25, -0.2) is 8.42 Å². The van der Waals surface area contributed by atoms with Gasteiger partial charge in [0.1, 0.15) is 0 Å². The highest BCUT2D eigenvalue weighted by atomic mass is 32.2. The van der Waals surface area contributed by atoms with Gasteiger partial charge in [0.05, 0.1) is 24.6 Å². The van der Waals surface area contributed by atoms with E-state index in [2.05, 4.69) is 5.10 Å². The second-order valence-corrected chi connectivity index (χ2v) is 6.17. The molecule has 1 unspecified atom stereocenters. The molecule has 16 heavy (non-hydrogen) atoms. The molecule has 0 aliphatic carbocycles. The summed E-state index contributed by atoms with van der Waals surface area (Å²) in [5.41, 5.74) is 0.702.